The maximum absolute atomic E-state index is 12.6. The Morgan fingerprint density at radius 3 is 2.38 bits per heavy atom. The molecule has 0 bridgehead atoms. The summed E-state index contributed by atoms with van der Waals surface area (Å²) in [6, 6.07) is 15.5. The van der Waals surface area contributed by atoms with Gasteiger partial charge < -0.3 is 4.42 Å². The number of ketones is 1. The Morgan fingerprint density at radius 1 is 1.08 bits per heavy atom. The molecule has 1 heterocycles. The van der Waals surface area contributed by atoms with Gasteiger partial charge in [-0.1, -0.05) is 68.9 Å². The van der Waals surface area contributed by atoms with Crippen LogP contribution in [0, 0.1) is 0 Å². The monoisotopic (exact) mass is 339 g/mol. The van der Waals surface area contributed by atoms with Gasteiger partial charge >= 0.3 is 0 Å². The molecule has 0 amide bonds. The van der Waals surface area contributed by atoms with Crippen LogP contribution in [-0.2, 0) is 5.41 Å². The molecule has 0 saturated carbocycles. The number of Topliss-reactive ketones (excluding diaryl/α,β-unsaturated/α-hetero) is 1. The van der Waals surface area contributed by atoms with Crippen molar-refractivity contribution in [1.82, 2.24) is 4.98 Å². The molecule has 0 aliphatic rings. The Kier molecular flexibility index (Phi) is 4.50. The first-order valence-corrected chi connectivity index (χ1v) is 8.89. The second-order valence-electron chi connectivity index (χ2n) is 6.90. The first kappa shape index (κ1) is 16.8. The predicted octanol–water partition coefficient (Wildman–Crippen LogP) is 5.49. The fraction of sp³-hybridized carbons (Fsp3) is 0.300. The fourth-order valence-corrected chi connectivity index (χ4v) is 3.31. The third-order valence-electron chi connectivity index (χ3n) is 3.96. The highest BCUT2D eigenvalue weighted by Gasteiger charge is 2.20. The molecule has 1 aromatic heterocycles. The lowest BCUT2D eigenvalue weighted by Crippen LogP contribution is -2.15. The number of benzene rings is 2. The van der Waals surface area contributed by atoms with Crippen molar-refractivity contribution in [2.45, 2.75) is 43.6 Å². The van der Waals surface area contributed by atoms with Crippen LogP contribution in [0.15, 0.2) is 58.2 Å². The Bertz CT molecular complexity index is 826. The van der Waals surface area contributed by atoms with Gasteiger partial charge in [-0.2, -0.15) is 0 Å². The highest BCUT2D eigenvalue weighted by Crippen LogP contribution is 2.29. The van der Waals surface area contributed by atoms with Crippen LogP contribution >= 0.6 is 11.8 Å². The molecule has 0 fully saturated rings. The summed E-state index contributed by atoms with van der Waals surface area (Å²) < 4.78 is 5.69. The van der Waals surface area contributed by atoms with Gasteiger partial charge in [-0.3, -0.25) is 4.79 Å². The first-order valence-electron chi connectivity index (χ1n) is 8.01. The molecule has 0 aliphatic carbocycles. The van der Waals surface area contributed by atoms with Crippen LogP contribution in [0.5, 0.6) is 0 Å². The maximum Gasteiger partial charge on any atom is 0.257 e. The highest BCUT2D eigenvalue weighted by molar-refractivity contribution is 8.00. The van der Waals surface area contributed by atoms with Crippen molar-refractivity contribution in [2.24, 2.45) is 0 Å². The molecule has 1 atom stereocenters. The Hall–Kier alpha value is -2.07. The minimum Gasteiger partial charge on any atom is -0.431 e. The van der Waals surface area contributed by atoms with Crippen LogP contribution in [0.25, 0.3) is 11.1 Å². The molecule has 0 spiro atoms. The zero-order valence-corrected chi connectivity index (χ0v) is 15.2. The first-order chi connectivity index (χ1) is 11.3. The van der Waals surface area contributed by atoms with Gasteiger partial charge in [0.1, 0.15) is 5.52 Å². The lowest BCUT2D eigenvalue weighted by molar-refractivity contribution is 0.0993. The van der Waals surface area contributed by atoms with Gasteiger partial charge in [-0.05, 0) is 30.0 Å². The van der Waals surface area contributed by atoms with Gasteiger partial charge in [0.2, 0.25) is 0 Å². The average Bonchev–Trinajstić information content (AvgIpc) is 2.95. The maximum atomic E-state index is 12.6. The molecule has 0 saturated heterocycles. The van der Waals surface area contributed by atoms with Gasteiger partial charge in [0.15, 0.2) is 11.4 Å². The molecule has 3 rings (SSSR count). The molecule has 0 aliphatic heterocycles. The number of rotatable bonds is 4. The molecule has 0 N–H and O–H groups in total. The third kappa shape index (κ3) is 3.54. The van der Waals surface area contributed by atoms with E-state index >= 15 is 0 Å². The number of hydrogen-bond acceptors (Lipinski definition) is 4. The molecule has 3 nitrogen and oxygen atoms in total. The molecule has 124 valence electrons. The summed E-state index contributed by atoms with van der Waals surface area (Å²) in [6.45, 7) is 8.38. The van der Waals surface area contributed by atoms with Gasteiger partial charge in [0.05, 0.1) is 5.25 Å². The van der Waals surface area contributed by atoms with Gasteiger partial charge in [0, 0.05) is 5.56 Å². The fourth-order valence-electron chi connectivity index (χ4n) is 2.48. The van der Waals surface area contributed by atoms with E-state index in [-0.39, 0.29) is 16.4 Å². The molecule has 3 aromatic rings. The van der Waals surface area contributed by atoms with Gasteiger partial charge in [0.25, 0.3) is 5.22 Å². The van der Waals surface area contributed by atoms with Crippen LogP contribution in [0.1, 0.15) is 43.6 Å². The van der Waals surface area contributed by atoms with Gasteiger partial charge in [-0.25, -0.2) is 4.98 Å². The van der Waals surface area contributed by atoms with Gasteiger partial charge in [-0.15, -0.1) is 0 Å². The SMILES string of the molecule is C[C@H](Sc1nc2ccccc2o1)C(=O)c1ccc(C(C)(C)C)cc1. The van der Waals surface area contributed by atoms with Crippen molar-refractivity contribution in [3.63, 3.8) is 0 Å². The average molecular weight is 339 g/mol. The van der Waals surface area contributed by atoms with Crippen LogP contribution in [0.2, 0.25) is 0 Å². The van der Waals surface area contributed by atoms with E-state index < -0.39 is 0 Å². The van der Waals surface area contributed by atoms with E-state index in [9.17, 15) is 4.79 Å². The van der Waals surface area contributed by atoms with E-state index in [1.165, 1.54) is 17.3 Å². The summed E-state index contributed by atoms with van der Waals surface area (Å²) in [7, 11) is 0. The van der Waals surface area contributed by atoms with Crippen molar-refractivity contribution >= 4 is 28.6 Å². The summed E-state index contributed by atoms with van der Waals surface area (Å²) in [4.78, 5) is 17.1. The predicted molar refractivity (Wildman–Crippen MR) is 98.8 cm³/mol. The third-order valence-corrected chi connectivity index (χ3v) is 4.90. The minimum atomic E-state index is -0.251. The van der Waals surface area contributed by atoms with Crippen molar-refractivity contribution in [1.29, 1.82) is 0 Å². The Morgan fingerprint density at radius 2 is 1.75 bits per heavy atom. The lowest BCUT2D eigenvalue weighted by Gasteiger charge is -2.19. The minimum absolute atomic E-state index is 0.0835. The molecule has 2 aromatic carbocycles. The largest absolute Gasteiger partial charge is 0.431 e. The van der Waals surface area contributed by atoms with Crippen molar-refractivity contribution in [2.75, 3.05) is 0 Å². The van der Waals surface area contributed by atoms with Crippen LogP contribution in [-0.4, -0.2) is 16.0 Å². The second kappa shape index (κ2) is 6.44. The smallest absolute Gasteiger partial charge is 0.257 e. The molecule has 0 radical (unpaired) electrons. The number of oxazole rings is 1. The molecule has 24 heavy (non-hydrogen) atoms. The number of thioether (sulfide) groups is 1. The zero-order valence-electron chi connectivity index (χ0n) is 14.4. The van der Waals surface area contributed by atoms with Crippen LogP contribution < -0.4 is 0 Å². The van der Waals surface area contributed by atoms with E-state index in [0.29, 0.717) is 5.22 Å². The van der Waals surface area contributed by atoms with E-state index in [1.807, 2.05) is 55.5 Å². The number of carbonyl (C=O) groups is 1. The molecule has 0 unspecified atom stereocenters. The summed E-state index contributed by atoms with van der Waals surface area (Å²) in [5.41, 5.74) is 3.58. The summed E-state index contributed by atoms with van der Waals surface area (Å²) >= 11 is 1.35. The van der Waals surface area contributed by atoms with Crippen molar-refractivity contribution in [3.8, 4) is 0 Å². The number of fused-ring (bicyclic) bond motifs is 1. The van der Waals surface area contributed by atoms with E-state index in [1.54, 1.807) is 0 Å². The topological polar surface area (TPSA) is 43.1 Å². The van der Waals surface area contributed by atoms with Crippen LogP contribution in [0.3, 0.4) is 0 Å². The Balaban J connectivity index is 1.74. The molecular weight excluding hydrogens is 318 g/mol. The van der Waals surface area contributed by atoms with E-state index in [4.69, 9.17) is 4.42 Å². The number of para-hydroxylation sites is 2. The molecular formula is C20H21NO2S. The van der Waals surface area contributed by atoms with Crippen molar-refractivity contribution < 1.29 is 9.21 Å². The van der Waals surface area contributed by atoms with E-state index in [0.717, 1.165) is 16.7 Å². The zero-order chi connectivity index (χ0) is 17.3. The van der Waals surface area contributed by atoms with Crippen molar-refractivity contribution in [3.05, 3.63) is 59.7 Å². The second-order valence-corrected chi connectivity index (χ2v) is 8.19. The normalized spacial score (nSPS) is 13.2. The Labute approximate surface area is 146 Å². The number of aromatic nitrogens is 1. The lowest BCUT2D eigenvalue weighted by atomic mass is 9.86. The van der Waals surface area contributed by atoms with E-state index in [2.05, 4.69) is 25.8 Å². The standard InChI is InChI=1S/C20H21NO2S/c1-13(24-19-21-16-7-5-6-8-17(16)23-19)18(22)14-9-11-15(12-10-14)20(2,3)4/h5-13H,1-4H3/t13-/m0/s1. The quantitative estimate of drug-likeness (QED) is 0.466. The highest BCUT2D eigenvalue weighted by atomic mass is 32.2. The number of nitrogens with zero attached hydrogens (tertiary/aromatic N) is 1. The summed E-state index contributed by atoms with van der Waals surface area (Å²) in [5.74, 6) is 0.0858. The molecule has 4 heteroatoms. The number of carbonyl (C=O) groups excluding carboxylic acids is 1. The summed E-state index contributed by atoms with van der Waals surface area (Å²) in [5, 5.41) is 0.280. The number of hydrogen-bond donors (Lipinski definition) is 0. The summed E-state index contributed by atoms with van der Waals surface area (Å²) in [6.07, 6.45) is 0. The van der Waals surface area contributed by atoms with Crippen LogP contribution in [0.4, 0.5) is 0 Å².